The van der Waals surface area contributed by atoms with Crippen LogP contribution in [0.15, 0.2) is 42.6 Å². The summed E-state index contributed by atoms with van der Waals surface area (Å²) in [4.78, 5) is 21.4. The fourth-order valence-electron chi connectivity index (χ4n) is 4.14. The van der Waals surface area contributed by atoms with Crippen molar-refractivity contribution in [1.82, 2.24) is 19.7 Å². The standard InChI is InChI=1S/C24H28Cl2N6O2/c1-16-11-17(2)32(29-16)15-22(33)30-7-4-8-31(10-9-30)23-21(13-20(26)14-27-23)28-24(34)18-5-3-6-19(25)12-18/h3,5-6,11-14,24,28,34H,4,7-10,15H2,1-2H3. The summed E-state index contributed by atoms with van der Waals surface area (Å²) in [5.74, 6) is 0.727. The van der Waals surface area contributed by atoms with Gasteiger partial charge in [0.05, 0.1) is 16.4 Å². The fraction of sp³-hybridized carbons (Fsp3) is 0.375. The smallest absolute Gasteiger partial charge is 0.244 e. The highest BCUT2D eigenvalue weighted by Crippen LogP contribution is 2.30. The van der Waals surface area contributed by atoms with Gasteiger partial charge in [0, 0.05) is 48.7 Å². The Kier molecular flexibility index (Phi) is 7.60. The number of halogens is 2. The van der Waals surface area contributed by atoms with Gasteiger partial charge in [-0.3, -0.25) is 9.48 Å². The molecule has 1 aromatic carbocycles. The number of pyridine rings is 1. The third-order valence-electron chi connectivity index (χ3n) is 5.83. The second-order valence-electron chi connectivity index (χ2n) is 8.43. The highest BCUT2D eigenvalue weighted by atomic mass is 35.5. The molecule has 1 atom stereocenters. The molecule has 1 aliphatic rings. The molecule has 1 amide bonds. The van der Waals surface area contributed by atoms with Crippen LogP contribution in [-0.4, -0.2) is 56.9 Å². The van der Waals surface area contributed by atoms with Crippen LogP contribution in [0, 0.1) is 13.8 Å². The van der Waals surface area contributed by atoms with Gasteiger partial charge in [-0.2, -0.15) is 5.10 Å². The van der Waals surface area contributed by atoms with E-state index in [2.05, 4.69) is 20.3 Å². The summed E-state index contributed by atoms with van der Waals surface area (Å²) in [5.41, 5.74) is 3.13. The van der Waals surface area contributed by atoms with Crippen LogP contribution in [0.1, 0.15) is 29.6 Å². The Labute approximate surface area is 209 Å². The van der Waals surface area contributed by atoms with E-state index in [4.69, 9.17) is 23.2 Å². The first kappa shape index (κ1) is 24.3. The Hall–Kier alpha value is -2.81. The van der Waals surface area contributed by atoms with E-state index < -0.39 is 6.23 Å². The van der Waals surface area contributed by atoms with Crippen molar-refractivity contribution in [3.63, 3.8) is 0 Å². The van der Waals surface area contributed by atoms with E-state index in [1.807, 2.05) is 24.8 Å². The van der Waals surface area contributed by atoms with E-state index >= 15 is 0 Å². The number of aliphatic hydroxyl groups is 1. The van der Waals surface area contributed by atoms with Crippen LogP contribution in [0.25, 0.3) is 0 Å². The number of hydrogen-bond donors (Lipinski definition) is 2. The lowest BCUT2D eigenvalue weighted by Crippen LogP contribution is -2.37. The minimum Gasteiger partial charge on any atom is -0.369 e. The van der Waals surface area contributed by atoms with Crippen LogP contribution in [0.5, 0.6) is 0 Å². The molecule has 0 aliphatic carbocycles. The summed E-state index contributed by atoms with van der Waals surface area (Å²) >= 11 is 12.3. The molecule has 0 spiro atoms. The number of rotatable bonds is 6. The summed E-state index contributed by atoms with van der Waals surface area (Å²) in [5, 5.41) is 19.2. The average molecular weight is 503 g/mol. The second-order valence-corrected chi connectivity index (χ2v) is 9.31. The van der Waals surface area contributed by atoms with Gasteiger partial charge in [-0.25, -0.2) is 4.98 Å². The number of anilines is 2. The van der Waals surface area contributed by atoms with Crippen LogP contribution in [0.4, 0.5) is 11.5 Å². The third-order valence-corrected chi connectivity index (χ3v) is 6.27. The predicted octanol–water partition coefficient (Wildman–Crippen LogP) is 4.04. The maximum Gasteiger partial charge on any atom is 0.244 e. The molecule has 1 aliphatic heterocycles. The summed E-state index contributed by atoms with van der Waals surface area (Å²) in [7, 11) is 0. The number of aromatic nitrogens is 3. The molecule has 180 valence electrons. The van der Waals surface area contributed by atoms with E-state index in [-0.39, 0.29) is 12.5 Å². The van der Waals surface area contributed by atoms with Gasteiger partial charge in [-0.05, 0) is 44.5 Å². The zero-order valence-corrected chi connectivity index (χ0v) is 20.7. The zero-order valence-electron chi connectivity index (χ0n) is 19.2. The number of amides is 1. The molecule has 34 heavy (non-hydrogen) atoms. The number of carbonyl (C=O) groups is 1. The molecular formula is C24H28Cl2N6O2. The number of benzene rings is 1. The summed E-state index contributed by atoms with van der Waals surface area (Å²) < 4.78 is 1.75. The lowest BCUT2D eigenvalue weighted by molar-refractivity contribution is -0.131. The maximum atomic E-state index is 12.9. The Balaban J connectivity index is 1.46. The van der Waals surface area contributed by atoms with Crippen molar-refractivity contribution in [3.05, 3.63) is 69.6 Å². The van der Waals surface area contributed by atoms with Crippen molar-refractivity contribution in [2.75, 3.05) is 36.4 Å². The highest BCUT2D eigenvalue weighted by molar-refractivity contribution is 6.31. The van der Waals surface area contributed by atoms with Gasteiger partial charge in [0.25, 0.3) is 0 Å². The van der Waals surface area contributed by atoms with Crippen molar-refractivity contribution in [2.45, 2.75) is 33.0 Å². The average Bonchev–Trinajstić information content (AvgIpc) is 2.97. The maximum absolute atomic E-state index is 12.9. The highest BCUT2D eigenvalue weighted by Gasteiger charge is 2.23. The zero-order chi connectivity index (χ0) is 24.2. The van der Waals surface area contributed by atoms with Gasteiger partial charge in [0.1, 0.15) is 6.54 Å². The monoisotopic (exact) mass is 502 g/mol. The lowest BCUT2D eigenvalue weighted by Gasteiger charge is -2.26. The number of aliphatic hydroxyl groups excluding tert-OH is 1. The number of nitrogens with one attached hydrogen (secondary N) is 1. The topological polar surface area (TPSA) is 86.5 Å². The van der Waals surface area contributed by atoms with Crippen LogP contribution in [0.2, 0.25) is 10.0 Å². The largest absolute Gasteiger partial charge is 0.369 e. The molecule has 1 fully saturated rings. The molecule has 2 aromatic heterocycles. The number of carbonyl (C=O) groups excluding carboxylic acids is 1. The van der Waals surface area contributed by atoms with Gasteiger partial charge in [0.2, 0.25) is 5.91 Å². The fourth-order valence-corrected chi connectivity index (χ4v) is 4.50. The number of hydrogen-bond acceptors (Lipinski definition) is 6. The van der Waals surface area contributed by atoms with Gasteiger partial charge in [-0.15, -0.1) is 0 Å². The first-order valence-corrected chi connectivity index (χ1v) is 11.9. The third kappa shape index (κ3) is 5.81. The first-order chi connectivity index (χ1) is 16.3. The quantitative estimate of drug-likeness (QED) is 0.494. The van der Waals surface area contributed by atoms with Crippen LogP contribution in [0.3, 0.4) is 0 Å². The molecule has 0 radical (unpaired) electrons. The molecule has 3 aromatic rings. The molecule has 0 bridgehead atoms. The number of nitrogens with zero attached hydrogens (tertiary/aromatic N) is 5. The van der Waals surface area contributed by atoms with Crippen molar-refractivity contribution in [3.8, 4) is 0 Å². The van der Waals surface area contributed by atoms with Gasteiger partial charge < -0.3 is 20.2 Å². The van der Waals surface area contributed by atoms with E-state index in [0.717, 1.165) is 24.4 Å². The normalized spacial score (nSPS) is 15.2. The Morgan fingerprint density at radius 2 is 1.94 bits per heavy atom. The second kappa shape index (κ2) is 10.6. The lowest BCUT2D eigenvalue weighted by atomic mass is 10.2. The Morgan fingerprint density at radius 1 is 1.12 bits per heavy atom. The van der Waals surface area contributed by atoms with Crippen molar-refractivity contribution in [1.29, 1.82) is 0 Å². The Morgan fingerprint density at radius 3 is 2.68 bits per heavy atom. The molecule has 1 saturated heterocycles. The van der Waals surface area contributed by atoms with Crippen molar-refractivity contribution in [2.24, 2.45) is 0 Å². The predicted molar refractivity (Wildman–Crippen MR) is 134 cm³/mol. The summed E-state index contributed by atoms with van der Waals surface area (Å²) in [6, 6.07) is 10.7. The van der Waals surface area contributed by atoms with E-state index in [1.165, 1.54) is 0 Å². The van der Waals surface area contributed by atoms with Crippen LogP contribution < -0.4 is 10.2 Å². The van der Waals surface area contributed by atoms with Crippen molar-refractivity contribution < 1.29 is 9.90 Å². The molecule has 10 heteroatoms. The molecular weight excluding hydrogens is 475 g/mol. The molecule has 8 nitrogen and oxygen atoms in total. The summed E-state index contributed by atoms with van der Waals surface area (Å²) in [6.45, 7) is 6.67. The minimum atomic E-state index is -0.983. The van der Waals surface area contributed by atoms with E-state index in [9.17, 15) is 9.90 Å². The van der Waals surface area contributed by atoms with E-state index in [0.29, 0.717) is 46.7 Å². The SMILES string of the molecule is Cc1cc(C)n(CC(=O)N2CCCN(c3ncc(Cl)cc3NC(O)c3cccc(Cl)c3)CC2)n1. The molecule has 1 unspecified atom stereocenters. The number of aryl methyl sites for hydroxylation is 2. The molecule has 4 rings (SSSR count). The van der Waals surface area contributed by atoms with Gasteiger partial charge >= 0.3 is 0 Å². The van der Waals surface area contributed by atoms with Gasteiger partial charge in [0.15, 0.2) is 12.0 Å². The molecule has 3 heterocycles. The van der Waals surface area contributed by atoms with Crippen LogP contribution >= 0.6 is 23.2 Å². The molecule has 2 N–H and O–H groups in total. The van der Waals surface area contributed by atoms with E-state index in [1.54, 1.807) is 41.2 Å². The summed E-state index contributed by atoms with van der Waals surface area (Å²) in [6.07, 6.45) is 1.40. The first-order valence-electron chi connectivity index (χ1n) is 11.2. The van der Waals surface area contributed by atoms with Crippen LogP contribution in [-0.2, 0) is 11.3 Å². The van der Waals surface area contributed by atoms with Crippen molar-refractivity contribution >= 4 is 40.6 Å². The minimum absolute atomic E-state index is 0.0480. The Bertz CT molecular complexity index is 1170. The molecule has 0 saturated carbocycles. The van der Waals surface area contributed by atoms with Gasteiger partial charge in [-0.1, -0.05) is 35.3 Å².